The Bertz CT molecular complexity index is 1020. The number of aromatic nitrogens is 3. The summed E-state index contributed by atoms with van der Waals surface area (Å²) in [5.74, 6) is 0.434. The summed E-state index contributed by atoms with van der Waals surface area (Å²) in [5.41, 5.74) is -0.867. The van der Waals surface area contributed by atoms with Gasteiger partial charge in [-0.05, 0) is 30.5 Å². The topological polar surface area (TPSA) is 77.2 Å². The Morgan fingerprint density at radius 1 is 1.21 bits per heavy atom. The van der Waals surface area contributed by atoms with E-state index in [4.69, 9.17) is 0 Å². The van der Waals surface area contributed by atoms with Gasteiger partial charge in [-0.15, -0.1) is 0 Å². The number of hydrogen-bond donors (Lipinski definition) is 0. The fraction of sp³-hybridized carbons (Fsp3) is 0.529. The molecule has 1 aliphatic heterocycles. The zero-order valence-electron chi connectivity index (χ0n) is 15.5. The molecule has 3 rings (SSSR count). The molecule has 2 aromatic rings. The highest BCUT2D eigenvalue weighted by molar-refractivity contribution is 7.88. The number of benzene rings is 1. The molecule has 0 aliphatic carbocycles. The summed E-state index contributed by atoms with van der Waals surface area (Å²) < 4.78 is 65.8. The summed E-state index contributed by atoms with van der Waals surface area (Å²) >= 11 is 0. The third kappa shape index (κ3) is 4.30. The van der Waals surface area contributed by atoms with Crippen LogP contribution in [0.1, 0.15) is 35.7 Å². The molecule has 0 amide bonds. The molecule has 0 bridgehead atoms. The lowest BCUT2D eigenvalue weighted by Gasteiger charge is -2.29. The first-order chi connectivity index (χ1) is 13.0. The Labute approximate surface area is 160 Å². The van der Waals surface area contributed by atoms with Gasteiger partial charge < -0.3 is 0 Å². The summed E-state index contributed by atoms with van der Waals surface area (Å²) in [6.45, 7) is 0.620. The summed E-state index contributed by atoms with van der Waals surface area (Å²) in [4.78, 5) is 12.5. The van der Waals surface area contributed by atoms with Crippen molar-refractivity contribution in [2.24, 2.45) is 7.05 Å². The third-order valence-corrected chi connectivity index (χ3v) is 6.25. The zero-order valence-corrected chi connectivity index (χ0v) is 16.3. The predicted molar refractivity (Wildman–Crippen MR) is 96.4 cm³/mol. The van der Waals surface area contributed by atoms with E-state index in [1.54, 1.807) is 7.05 Å². The lowest BCUT2D eigenvalue weighted by atomic mass is 9.97. The van der Waals surface area contributed by atoms with Gasteiger partial charge in [0.2, 0.25) is 10.0 Å². The van der Waals surface area contributed by atoms with Gasteiger partial charge >= 0.3 is 11.9 Å². The van der Waals surface area contributed by atoms with E-state index in [1.165, 1.54) is 21.0 Å². The van der Waals surface area contributed by atoms with Crippen molar-refractivity contribution >= 4 is 10.0 Å². The highest BCUT2D eigenvalue weighted by Crippen LogP contribution is 2.30. The quantitative estimate of drug-likeness (QED) is 0.759. The molecule has 0 atom stereocenters. The maximum absolute atomic E-state index is 12.9. The van der Waals surface area contributed by atoms with Crippen LogP contribution in [-0.4, -0.2) is 46.4 Å². The van der Waals surface area contributed by atoms with E-state index in [1.807, 2.05) is 0 Å². The third-order valence-electron chi connectivity index (χ3n) is 4.95. The Hall–Kier alpha value is -2.14. The van der Waals surface area contributed by atoms with E-state index in [-0.39, 0.29) is 12.5 Å². The molecule has 11 heteroatoms. The van der Waals surface area contributed by atoms with Crippen LogP contribution >= 0.6 is 0 Å². The molecule has 0 N–H and O–H groups in total. The van der Waals surface area contributed by atoms with E-state index in [9.17, 15) is 26.4 Å². The first-order valence-corrected chi connectivity index (χ1v) is 10.6. The molecule has 1 aromatic heterocycles. The van der Waals surface area contributed by atoms with Gasteiger partial charge in [-0.2, -0.15) is 18.3 Å². The maximum Gasteiger partial charge on any atom is 0.416 e. The average Bonchev–Trinajstić information content (AvgIpc) is 2.89. The van der Waals surface area contributed by atoms with Crippen LogP contribution in [0, 0.1) is 0 Å². The van der Waals surface area contributed by atoms with Crippen molar-refractivity contribution in [3.05, 3.63) is 51.7 Å². The van der Waals surface area contributed by atoms with Crippen LogP contribution in [0.15, 0.2) is 29.1 Å². The van der Waals surface area contributed by atoms with E-state index < -0.39 is 27.5 Å². The van der Waals surface area contributed by atoms with Crippen molar-refractivity contribution in [2.75, 3.05) is 19.3 Å². The molecule has 1 aliphatic rings. The van der Waals surface area contributed by atoms with E-state index >= 15 is 0 Å². The molecule has 0 spiro atoms. The summed E-state index contributed by atoms with van der Waals surface area (Å²) in [6.07, 6.45) is -2.24. The largest absolute Gasteiger partial charge is 0.416 e. The average molecular weight is 418 g/mol. The molecule has 28 heavy (non-hydrogen) atoms. The molecule has 1 fully saturated rings. The van der Waals surface area contributed by atoms with Crippen LogP contribution in [-0.2, 0) is 29.8 Å². The van der Waals surface area contributed by atoms with Crippen LogP contribution in [0.25, 0.3) is 0 Å². The molecule has 7 nitrogen and oxygen atoms in total. The van der Waals surface area contributed by atoms with E-state index in [0.717, 1.165) is 23.1 Å². The number of sulfonamides is 1. The number of halogens is 3. The highest BCUT2D eigenvalue weighted by atomic mass is 32.2. The first kappa shape index (κ1) is 20.6. The second kappa shape index (κ2) is 7.36. The lowest BCUT2D eigenvalue weighted by molar-refractivity contribution is -0.137. The monoisotopic (exact) mass is 418 g/mol. The predicted octanol–water partition coefficient (Wildman–Crippen LogP) is 1.79. The van der Waals surface area contributed by atoms with Gasteiger partial charge in [0, 0.05) is 26.1 Å². The van der Waals surface area contributed by atoms with Gasteiger partial charge in [0.15, 0.2) is 0 Å². The Balaban J connectivity index is 1.80. The smallest absolute Gasteiger partial charge is 0.282 e. The molecule has 2 heterocycles. The minimum atomic E-state index is -4.45. The van der Waals surface area contributed by atoms with Gasteiger partial charge in [0.25, 0.3) is 0 Å². The number of alkyl halides is 3. The van der Waals surface area contributed by atoms with E-state index in [0.29, 0.717) is 37.3 Å². The van der Waals surface area contributed by atoms with Crippen molar-refractivity contribution in [3.8, 4) is 0 Å². The summed E-state index contributed by atoms with van der Waals surface area (Å²) in [7, 11) is -1.69. The van der Waals surface area contributed by atoms with Crippen molar-refractivity contribution in [1.29, 1.82) is 0 Å². The molecular weight excluding hydrogens is 397 g/mol. The number of piperidine rings is 1. The fourth-order valence-corrected chi connectivity index (χ4v) is 4.30. The van der Waals surface area contributed by atoms with Gasteiger partial charge in [0.05, 0.1) is 18.4 Å². The number of rotatable bonds is 4. The second-order valence-corrected chi connectivity index (χ2v) is 8.97. The highest BCUT2D eigenvalue weighted by Gasteiger charge is 2.31. The van der Waals surface area contributed by atoms with Crippen molar-refractivity contribution < 1.29 is 21.6 Å². The summed E-state index contributed by atoms with van der Waals surface area (Å²) in [6, 6.07) is 4.80. The van der Waals surface area contributed by atoms with Crippen LogP contribution in [0.2, 0.25) is 0 Å². The van der Waals surface area contributed by atoms with Crippen LogP contribution in [0.3, 0.4) is 0 Å². The van der Waals surface area contributed by atoms with Gasteiger partial charge in [-0.25, -0.2) is 22.2 Å². The summed E-state index contributed by atoms with van der Waals surface area (Å²) in [5, 5.41) is 4.33. The standard InChI is InChI=1S/C17H21F3N4O3S/c1-22-15(13-6-8-23(9-7-13)28(2,26)27)21-24(16(22)25)11-12-4-3-5-14(10-12)17(18,19)20/h3-5,10,13H,6-9,11H2,1-2H3. The van der Waals surface area contributed by atoms with E-state index in [2.05, 4.69) is 5.10 Å². The molecular formula is C17H21F3N4O3S. The minimum absolute atomic E-state index is 0.0707. The van der Waals surface area contributed by atoms with Crippen LogP contribution in [0.5, 0.6) is 0 Å². The van der Waals surface area contributed by atoms with Crippen LogP contribution in [0.4, 0.5) is 13.2 Å². The maximum atomic E-state index is 12.9. The normalized spacial score (nSPS) is 17.2. The zero-order chi connectivity index (χ0) is 20.7. The van der Waals surface area contributed by atoms with Crippen molar-refractivity contribution in [1.82, 2.24) is 18.7 Å². The molecule has 1 saturated heterocycles. The SMILES string of the molecule is Cn1c(C2CCN(S(C)(=O)=O)CC2)nn(Cc2cccc(C(F)(F)F)c2)c1=O. The minimum Gasteiger partial charge on any atom is -0.282 e. The molecule has 154 valence electrons. The fourth-order valence-electron chi connectivity index (χ4n) is 3.43. The molecule has 0 radical (unpaired) electrons. The Morgan fingerprint density at radius 2 is 1.86 bits per heavy atom. The number of nitrogens with zero attached hydrogens (tertiary/aromatic N) is 4. The first-order valence-electron chi connectivity index (χ1n) is 8.72. The number of hydrogen-bond acceptors (Lipinski definition) is 4. The Kier molecular flexibility index (Phi) is 5.41. The van der Waals surface area contributed by atoms with Gasteiger partial charge in [-0.3, -0.25) is 4.57 Å². The van der Waals surface area contributed by atoms with Crippen LogP contribution < -0.4 is 5.69 Å². The second-order valence-electron chi connectivity index (χ2n) is 6.99. The Morgan fingerprint density at radius 3 is 2.43 bits per heavy atom. The van der Waals surface area contributed by atoms with Gasteiger partial charge in [-0.1, -0.05) is 12.1 Å². The van der Waals surface area contributed by atoms with Crippen molar-refractivity contribution in [2.45, 2.75) is 31.5 Å². The molecule has 1 aromatic carbocycles. The van der Waals surface area contributed by atoms with Crippen molar-refractivity contribution in [3.63, 3.8) is 0 Å². The lowest BCUT2D eigenvalue weighted by Crippen LogP contribution is -2.37. The molecule has 0 saturated carbocycles. The molecule has 0 unspecified atom stereocenters. The van der Waals surface area contributed by atoms with Gasteiger partial charge in [0.1, 0.15) is 5.82 Å².